The molecule has 0 aromatic heterocycles. The van der Waals surface area contributed by atoms with Gasteiger partial charge in [0.05, 0.1) is 7.11 Å². The van der Waals surface area contributed by atoms with E-state index in [-0.39, 0.29) is 29.7 Å². The number of rotatable bonds is 2. The van der Waals surface area contributed by atoms with E-state index in [2.05, 4.69) is 90.9 Å². The van der Waals surface area contributed by atoms with Crippen LogP contribution in [0.25, 0.3) is 21.9 Å². The summed E-state index contributed by atoms with van der Waals surface area (Å²) in [5.74, 6) is 1.03. The molecule has 0 aliphatic heterocycles. The molecular formula is C25H31LiO. The summed E-state index contributed by atoms with van der Waals surface area (Å²) in [4.78, 5) is 0. The van der Waals surface area contributed by atoms with Gasteiger partial charge in [-0.05, 0) is 28.5 Å². The van der Waals surface area contributed by atoms with Crippen LogP contribution in [0.5, 0.6) is 5.75 Å². The van der Waals surface area contributed by atoms with Crippen molar-refractivity contribution in [3.63, 3.8) is 0 Å². The van der Waals surface area contributed by atoms with Gasteiger partial charge >= 0.3 is 18.9 Å². The largest absolute Gasteiger partial charge is 1.00 e. The molecule has 27 heavy (non-hydrogen) atoms. The Morgan fingerprint density at radius 1 is 0.852 bits per heavy atom. The van der Waals surface area contributed by atoms with E-state index in [4.69, 9.17) is 4.74 Å². The molecule has 0 atom stereocenters. The van der Waals surface area contributed by atoms with E-state index in [0.717, 1.165) is 5.75 Å². The topological polar surface area (TPSA) is 9.23 Å². The van der Waals surface area contributed by atoms with Crippen molar-refractivity contribution in [3.8, 4) is 16.9 Å². The Balaban J connectivity index is 0.00000261. The van der Waals surface area contributed by atoms with E-state index >= 15 is 0 Å². The molecule has 1 nitrogen and oxygen atoms in total. The van der Waals surface area contributed by atoms with Crippen LogP contribution in [0.2, 0.25) is 0 Å². The molecule has 0 fully saturated rings. The van der Waals surface area contributed by atoms with Crippen LogP contribution in [-0.4, -0.2) is 7.11 Å². The van der Waals surface area contributed by atoms with Crippen molar-refractivity contribution in [3.05, 3.63) is 59.2 Å². The second-order valence-electron chi connectivity index (χ2n) is 9.45. The summed E-state index contributed by atoms with van der Waals surface area (Å²) in [7, 11) is 1.79. The minimum Gasteiger partial charge on any atom is -0.496 e. The van der Waals surface area contributed by atoms with Crippen LogP contribution in [0, 0.1) is 6.92 Å². The summed E-state index contributed by atoms with van der Waals surface area (Å²) >= 11 is 0. The Morgan fingerprint density at radius 2 is 1.41 bits per heavy atom. The molecule has 0 aliphatic rings. The van der Waals surface area contributed by atoms with Gasteiger partial charge in [-0.25, -0.2) is 0 Å². The summed E-state index contributed by atoms with van der Waals surface area (Å²) in [6, 6.07) is 15.8. The summed E-state index contributed by atoms with van der Waals surface area (Å²) in [6.45, 7) is 15.7. The normalized spacial score (nSPS) is 12.1. The Kier molecular flexibility index (Phi) is 6.01. The molecular weight excluding hydrogens is 323 g/mol. The maximum atomic E-state index is 5.91. The van der Waals surface area contributed by atoms with Gasteiger partial charge in [-0.1, -0.05) is 60.1 Å². The van der Waals surface area contributed by atoms with Crippen LogP contribution in [0.3, 0.4) is 0 Å². The Hall–Kier alpha value is -1.55. The third-order valence-corrected chi connectivity index (χ3v) is 5.12. The molecule has 3 aromatic rings. The molecule has 0 bridgehead atoms. The molecule has 0 saturated carbocycles. The predicted molar refractivity (Wildman–Crippen MR) is 114 cm³/mol. The summed E-state index contributed by atoms with van der Waals surface area (Å²) in [6.07, 6.45) is 0. The number of ether oxygens (including phenoxy) is 1. The van der Waals surface area contributed by atoms with Gasteiger partial charge < -0.3 is 4.74 Å². The van der Waals surface area contributed by atoms with Crippen molar-refractivity contribution in [1.29, 1.82) is 0 Å². The molecule has 0 heterocycles. The molecule has 0 radical (unpaired) electrons. The van der Waals surface area contributed by atoms with E-state index in [0.29, 0.717) is 0 Å². The van der Waals surface area contributed by atoms with E-state index in [1.807, 2.05) is 0 Å². The van der Waals surface area contributed by atoms with Crippen molar-refractivity contribution in [1.82, 2.24) is 0 Å². The molecule has 0 saturated heterocycles. The van der Waals surface area contributed by atoms with Gasteiger partial charge in [-0.2, -0.15) is 6.07 Å². The van der Waals surface area contributed by atoms with Gasteiger partial charge in [-0.15, -0.1) is 34.5 Å². The van der Waals surface area contributed by atoms with Crippen molar-refractivity contribution in [2.45, 2.75) is 59.3 Å². The smallest absolute Gasteiger partial charge is 0.496 e. The SMILES string of the molecule is COc1c(C(C)(C)C)cc(-c2cccc3[cH-]c(C)cc23)cc1C(C)(C)C.[Li+]. The van der Waals surface area contributed by atoms with Gasteiger partial charge in [0.2, 0.25) is 0 Å². The van der Waals surface area contributed by atoms with Crippen LogP contribution in [0.4, 0.5) is 0 Å². The summed E-state index contributed by atoms with van der Waals surface area (Å²) < 4.78 is 5.91. The van der Waals surface area contributed by atoms with E-state index in [1.54, 1.807) is 7.11 Å². The fourth-order valence-electron chi connectivity index (χ4n) is 3.75. The first-order valence-electron chi connectivity index (χ1n) is 9.42. The fourth-order valence-corrected chi connectivity index (χ4v) is 3.75. The van der Waals surface area contributed by atoms with Crippen LogP contribution in [0.15, 0.2) is 42.5 Å². The number of hydrogen-bond donors (Lipinski definition) is 0. The first kappa shape index (κ1) is 21.7. The van der Waals surface area contributed by atoms with Gasteiger partial charge in [0.25, 0.3) is 0 Å². The summed E-state index contributed by atoms with van der Waals surface area (Å²) in [5.41, 5.74) is 6.44. The predicted octanol–water partition coefficient (Wildman–Crippen LogP) is 4.14. The number of methoxy groups -OCH3 is 1. The van der Waals surface area contributed by atoms with E-state index in [1.165, 1.54) is 38.6 Å². The molecule has 2 heteroatoms. The minimum absolute atomic E-state index is 0. The van der Waals surface area contributed by atoms with Crippen molar-refractivity contribution >= 4 is 10.8 Å². The molecule has 0 spiro atoms. The second kappa shape index (κ2) is 7.46. The third-order valence-electron chi connectivity index (χ3n) is 5.12. The number of fused-ring (bicyclic) bond motifs is 1. The maximum Gasteiger partial charge on any atom is 1.00 e. The number of hydrogen-bond acceptors (Lipinski definition) is 1. The Labute approximate surface area is 176 Å². The Morgan fingerprint density at radius 3 is 1.89 bits per heavy atom. The Bertz CT molecular complexity index is 914. The summed E-state index contributed by atoms with van der Waals surface area (Å²) in [5, 5.41) is 2.64. The first-order valence-corrected chi connectivity index (χ1v) is 9.42. The zero-order chi connectivity index (χ0) is 19.3. The zero-order valence-electron chi connectivity index (χ0n) is 18.4. The maximum absolute atomic E-state index is 5.91. The standard InChI is InChI=1S/C25H31O.Li/c1-16-12-17-10-9-11-19(20(17)13-16)18-14-21(24(2,3)4)23(26-8)22(15-18)25(5,6)7;/h9-15H,1-8H3;/q-1;+1. The monoisotopic (exact) mass is 354 g/mol. The number of benzene rings is 2. The molecule has 138 valence electrons. The van der Waals surface area contributed by atoms with Crippen molar-refractivity contribution in [2.24, 2.45) is 0 Å². The van der Waals surface area contributed by atoms with Crippen LogP contribution < -0.4 is 23.6 Å². The quantitative estimate of drug-likeness (QED) is 0.496. The fraction of sp³-hybridized carbons (Fsp3) is 0.400. The van der Waals surface area contributed by atoms with Crippen molar-refractivity contribution < 1.29 is 23.6 Å². The van der Waals surface area contributed by atoms with Crippen LogP contribution >= 0.6 is 0 Å². The van der Waals surface area contributed by atoms with Gasteiger partial charge in [0.1, 0.15) is 5.75 Å². The van der Waals surface area contributed by atoms with Gasteiger partial charge in [0, 0.05) is 11.1 Å². The molecule has 0 N–H and O–H groups in total. The van der Waals surface area contributed by atoms with E-state index < -0.39 is 0 Å². The third kappa shape index (κ3) is 4.16. The van der Waals surface area contributed by atoms with Gasteiger partial charge in [0.15, 0.2) is 0 Å². The van der Waals surface area contributed by atoms with Crippen LogP contribution in [-0.2, 0) is 10.8 Å². The zero-order valence-corrected chi connectivity index (χ0v) is 18.4. The molecule has 3 rings (SSSR count). The van der Waals surface area contributed by atoms with Gasteiger partial charge in [-0.3, -0.25) is 0 Å². The average Bonchev–Trinajstić information content (AvgIpc) is 2.91. The molecule has 0 amide bonds. The van der Waals surface area contributed by atoms with E-state index in [9.17, 15) is 0 Å². The minimum atomic E-state index is 0. The second-order valence-corrected chi connectivity index (χ2v) is 9.45. The molecule has 3 aromatic carbocycles. The number of aryl methyl sites for hydroxylation is 1. The first-order chi connectivity index (χ1) is 12.0. The molecule has 0 aliphatic carbocycles. The van der Waals surface area contributed by atoms with Crippen molar-refractivity contribution in [2.75, 3.05) is 7.11 Å². The van der Waals surface area contributed by atoms with Crippen LogP contribution in [0.1, 0.15) is 58.2 Å². The molecule has 0 unspecified atom stereocenters. The average molecular weight is 354 g/mol.